The minimum atomic E-state index is -1.10. The van der Waals surface area contributed by atoms with Gasteiger partial charge in [-0.05, 0) is 22.6 Å². The van der Waals surface area contributed by atoms with Gasteiger partial charge in [0.25, 0.3) is 5.56 Å². The van der Waals surface area contributed by atoms with Crippen LogP contribution in [0.25, 0.3) is 0 Å². The van der Waals surface area contributed by atoms with E-state index in [4.69, 9.17) is 9.94 Å². The maximum Gasteiger partial charge on any atom is 0.337 e. The van der Waals surface area contributed by atoms with Crippen LogP contribution in [0.15, 0.2) is 47.4 Å². The number of hydrogen-bond acceptors (Lipinski definition) is 3. The van der Waals surface area contributed by atoms with Crippen LogP contribution in [0.3, 0.4) is 0 Å². The average molecular weight is 301 g/mol. The van der Waals surface area contributed by atoms with Gasteiger partial charge >= 0.3 is 5.97 Å². The molecule has 0 saturated heterocycles. The van der Waals surface area contributed by atoms with Gasteiger partial charge in [-0.1, -0.05) is 45.0 Å². The maximum absolute atomic E-state index is 11.6. The first-order valence-electron chi connectivity index (χ1n) is 6.96. The lowest BCUT2D eigenvalue weighted by Crippen LogP contribution is -2.26. The van der Waals surface area contributed by atoms with Crippen LogP contribution in [0.5, 0.6) is 0 Å². The summed E-state index contributed by atoms with van der Waals surface area (Å²) in [6.07, 6.45) is 1.17. The van der Waals surface area contributed by atoms with Crippen LogP contribution in [-0.4, -0.2) is 15.8 Å². The number of pyridine rings is 1. The summed E-state index contributed by atoms with van der Waals surface area (Å²) in [5.74, 6) is -1.10. The Morgan fingerprint density at radius 2 is 1.77 bits per heavy atom. The molecule has 0 aliphatic rings. The Bertz CT molecular complexity index is 724. The lowest BCUT2D eigenvalue weighted by Gasteiger charge is -2.19. The topological polar surface area (TPSA) is 68.5 Å². The van der Waals surface area contributed by atoms with Crippen molar-refractivity contribution in [2.45, 2.75) is 32.8 Å². The molecular formula is C17H19NO4. The third-order valence-electron chi connectivity index (χ3n) is 3.32. The highest BCUT2D eigenvalue weighted by Crippen LogP contribution is 2.22. The van der Waals surface area contributed by atoms with Gasteiger partial charge in [-0.15, -0.1) is 0 Å². The van der Waals surface area contributed by atoms with E-state index in [1.807, 2.05) is 24.3 Å². The van der Waals surface area contributed by atoms with E-state index in [0.29, 0.717) is 0 Å². The van der Waals surface area contributed by atoms with Crippen molar-refractivity contribution in [2.75, 3.05) is 0 Å². The number of carbonyl (C=O) groups is 1. The summed E-state index contributed by atoms with van der Waals surface area (Å²) in [5, 5.41) is 8.92. The summed E-state index contributed by atoms with van der Waals surface area (Å²) >= 11 is 0. The fourth-order valence-corrected chi connectivity index (χ4v) is 1.94. The lowest BCUT2D eigenvalue weighted by molar-refractivity contribution is 0.0674. The third kappa shape index (κ3) is 3.75. The number of aromatic carboxylic acids is 1. The molecule has 0 aliphatic heterocycles. The van der Waals surface area contributed by atoms with E-state index in [0.717, 1.165) is 10.3 Å². The van der Waals surface area contributed by atoms with Crippen molar-refractivity contribution >= 4 is 5.97 Å². The summed E-state index contributed by atoms with van der Waals surface area (Å²) in [6.45, 7) is 6.59. The van der Waals surface area contributed by atoms with E-state index >= 15 is 0 Å². The van der Waals surface area contributed by atoms with E-state index in [9.17, 15) is 9.59 Å². The van der Waals surface area contributed by atoms with Crippen LogP contribution in [0.1, 0.15) is 42.3 Å². The number of aromatic nitrogens is 1. The van der Waals surface area contributed by atoms with Crippen LogP contribution in [0.2, 0.25) is 0 Å². The van der Waals surface area contributed by atoms with Crippen molar-refractivity contribution in [3.05, 3.63) is 69.6 Å². The molecule has 1 aromatic carbocycles. The highest BCUT2D eigenvalue weighted by Gasteiger charge is 2.13. The molecule has 22 heavy (non-hydrogen) atoms. The number of hydrogen-bond donors (Lipinski definition) is 1. The number of rotatable bonds is 4. The van der Waals surface area contributed by atoms with E-state index in [2.05, 4.69) is 20.8 Å². The van der Waals surface area contributed by atoms with Crippen LogP contribution in [-0.2, 0) is 12.0 Å². The molecule has 116 valence electrons. The quantitative estimate of drug-likeness (QED) is 0.942. The molecule has 1 N–H and O–H groups in total. The van der Waals surface area contributed by atoms with E-state index in [-0.39, 0.29) is 17.6 Å². The number of carboxylic acids is 1. The van der Waals surface area contributed by atoms with Crippen LogP contribution >= 0.6 is 0 Å². The normalized spacial score (nSPS) is 11.2. The van der Waals surface area contributed by atoms with Crippen LogP contribution < -0.4 is 10.4 Å². The number of nitrogens with zero attached hydrogens (tertiary/aromatic N) is 1. The van der Waals surface area contributed by atoms with Gasteiger partial charge < -0.3 is 9.94 Å². The Kier molecular flexibility index (Phi) is 4.35. The van der Waals surface area contributed by atoms with Gasteiger partial charge in [-0.3, -0.25) is 4.79 Å². The Labute approximate surface area is 128 Å². The maximum atomic E-state index is 11.6. The Balaban J connectivity index is 2.12. The Hall–Kier alpha value is -2.56. The fraction of sp³-hybridized carbons (Fsp3) is 0.294. The summed E-state index contributed by atoms with van der Waals surface area (Å²) in [4.78, 5) is 27.9. The van der Waals surface area contributed by atoms with Crippen molar-refractivity contribution in [3.63, 3.8) is 0 Å². The highest BCUT2D eigenvalue weighted by atomic mass is 16.7. The zero-order valence-electron chi connectivity index (χ0n) is 12.9. The van der Waals surface area contributed by atoms with Crippen molar-refractivity contribution in [3.8, 4) is 0 Å². The van der Waals surface area contributed by atoms with Gasteiger partial charge in [0.2, 0.25) is 0 Å². The van der Waals surface area contributed by atoms with Crippen molar-refractivity contribution in [2.24, 2.45) is 0 Å². The van der Waals surface area contributed by atoms with E-state index < -0.39 is 11.5 Å². The summed E-state index contributed by atoms with van der Waals surface area (Å²) < 4.78 is 0.946. The van der Waals surface area contributed by atoms with Crippen LogP contribution in [0, 0.1) is 0 Å². The summed E-state index contributed by atoms with van der Waals surface area (Å²) in [6, 6.07) is 10.3. The SMILES string of the molecule is CC(C)(C)c1ccc(COn2cc(C(=O)O)ccc2=O)cc1. The molecule has 0 unspecified atom stereocenters. The van der Waals surface area contributed by atoms with Crippen LogP contribution in [0.4, 0.5) is 0 Å². The Morgan fingerprint density at radius 3 is 2.32 bits per heavy atom. The predicted octanol–water partition coefficient (Wildman–Crippen LogP) is 2.47. The molecule has 2 rings (SSSR count). The summed E-state index contributed by atoms with van der Waals surface area (Å²) in [5.41, 5.74) is 1.78. The fourth-order valence-electron chi connectivity index (χ4n) is 1.94. The zero-order valence-corrected chi connectivity index (χ0v) is 12.9. The van der Waals surface area contributed by atoms with Gasteiger partial charge in [-0.2, -0.15) is 4.73 Å². The monoisotopic (exact) mass is 301 g/mol. The van der Waals surface area contributed by atoms with Gasteiger partial charge in [0.15, 0.2) is 0 Å². The molecule has 0 amide bonds. The molecule has 0 atom stereocenters. The second-order valence-corrected chi connectivity index (χ2v) is 6.11. The van der Waals surface area contributed by atoms with Crippen molar-refractivity contribution in [1.82, 2.24) is 4.73 Å². The molecular weight excluding hydrogens is 282 g/mol. The van der Waals surface area contributed by atoms with E-state index in [1.54, 1.807) is 0 Å². The molecule has 0 fully saturated rings. The van der Waals surface area contributed by atoms with Gasteiger partial charge in [0.1, 0.15) is 6.61 Å². The highest BCUT2D eigenvalue weighted by molar-refractivity contribution is 5.87. The second kappa shape index (κ2) is 6.05. The summed E-state index contributed by atoms with van der Waals surface area (Å²) in [7, 11) is 0. The largest absolute Gasteiger partial charge is 0.478 e. The molecule has 1 heterocycles. The molecule has 1 aromatic heterocycles. The molecule has 5 heteroatoms. The molecule has 0 radical (unpaired) electrons. The van der Waals surface area contributed by atoms with Gasteiger partial charge in [0, 0.05) is 6.07 Å². The molecule has 0 saturated carbocycles. The molecule has 0 spiro atoms. The van der Waals surface area contributed by atoms with Gasteiger partial charge in [0.05, 0.1) is 11.8 Å². The minimum absolute atomic E-state index is 0.00248. The lowest BCUT2D eigenvalue weighted by atomic mass is 9.87. The molecule has 2 aromatic rings. The van der Waals surface area contributed by atoms with Crippen molar-refractivity contribution < 1.29 is 14.7 Å². The standard InChI is InChI=1S/C17H19NO4/c1-17(2,3)14-7-4-12(5-8-14)11-22-18-10-13(16(20)21)6-9-15(18)19/h4-10H,11H2,1-3H3,(H,20,21). The minimum Gasteiger partial charge on any atom is -0.478 e. The first kappa shape index (κ1) is 15.8. The first-order valence-corrected chi connectivity index (χ1v) is 6.96. The number of benzene rings is 1. The predicted molar refractivity (Wildman–Crippen MR) is 83.1 cm³/mol. The number of carboxylic acid groups (broad SMARTS) is 1. The molecule has 5 nitrogen and oxygen atoms in total. The smallest absolute Gasteiger partial charge is 0.337 e. The average Bonchev–Trinajstić information content (AvgIpc) is 2.45. The second-order valence-electron chi connectivity index (χ2n) is 6.11. The van der Waals surface area contributed by atoms with E-state index in [1.165, 1.54) is 23.9 Å². The first-order chi connectivity index (χ1) is 10.3. The van der Waals surface area contributed by atoms with Gasteiger partial charge in [-0.25, -0.2) is 4.79 Å². The van der Waals surface area contributed by atoms with Crippen molar-refractivity contribution in [1.29, 1.82) is 0 Å². The molecule has 0 bridgehead atoms. The molecule has 0 aliphatic carbocycles. The third-order valence-corrected chi connectivity index (χ3v) is 3.32. The zero-order chi connectivity index (χ0) is 16.3. The Morgan fingerprint density at radius 1 is 1.14 bits per heavy atom.